The number of phenols is 1. The van der Waals surface area contributed by atoms with Crippen molar-refractivity contribution >= 4 is 11.6 Å². The minimum atomic E-state index is -0.350. The second-order valence-electron chi connectivity index (χ2n) is 4.11. The molecule has 100 valence electrons. The van der Waals surface area contributed by atoms with Crippen LogP contribution in [0.5, 0.6) is 5.75 Å². The van der Waals surface area contributed by atoms with Crippen LogP contribution >= 0.6 is 0 Å². The highest BCUT2D eigenvalue weighted by Gasteiger charge is 2.12. The maximum absolute atomic E-state index is 11.9. The lowest BCUT2D eigenvalue weighted by molar-refractivity contribution is 0.102. The van der Waals surface area contributed by atoms with Gasteiger partial charge in [-0.2, -0.15) is 0 Å². The maximum Gasteiger partial charge on any atom is 0.277 e. The lowest BCUT2D eigenvalue weighted by atomic mass is 10.2. The Balaban J connectivity index is 2.11. The zero-order valence-electron chi connectivity index (χ0n) is 10.5. The lowest BCUT2D eigenvalue weighted by Crippen LogP contribution is -2.13. The Morgan fingerprint density at radius 3 is 3.00 bits per heavy atom. The molecule has 0 aliphatic heterocycles. The molecule has 0 aliphatic rings. The first kappa shape index (κ1) is 13.0. The van der Waals surface area contributed by atoms with Crippen LogP contribution < -0.4 is 11.1 Å². The molecule has 1 aromatic heterocycles. The SMILES string of the molecule is Cc1cc(O)ccc1NC(=O)c1cn(CCN)nn1. The Labute approximate surface area is 110 Å². The summed E-state index contributed by atoms with van der Waals surface area (Å²) in [6.45, 7) is 2.74. The van der Waals surface area contributed by atoms with E-state index in [9.17, 15) is 9.90 Å². The van der Waals surface area contributed by atoms with Gasteiger partial charge in [0.1, 0.15) is 5.75 Å². The number of anilines is 1. The minimum Gasteiger partial charge on any atom is -0.508 e. The molecule has 4 N–H and O–H groups in total. The van der Waals surface area contributed by atoms with Crippen molar-refractivity contribution in [3.63, 3.8) is 0 Å². The largest absolute Gasteiger partial charge is 0.508 e. The van der Waals surface area contributed by atoms with Gasteiger partial charge < -0.3 is 16.2 Å². The summed E-state index contributed by atoms with van der Waals surface area (Å²) >= 11 is 0. The van der Waals surface area contributed by atoms with Gasteiger partial charge in [-0.25, -0.2) is 0 Å². The average Bonchev–Trinajstić information content (AvgIpc) is 2.82. The van der Waals surface area contributed by atoms with Crippen molar-refractivity contribution in [3.05, 3.63) is 35.7 Å². The Morgan fingerprint density at radius 2 is 2.32 bits per heavy atom. The number of rotatable bonds is 4. The summed E-state index contributed by atoms with van der Waals surface area (Å²) in [7, 11) is 0. The second kappa shape index (κ2) is 5.49. The van der Waals surface area contributed by atoms with Crippen LogP contribution in [0, 0.1) is 6.92 Å². The predicted molar refractivity (Wildman–Crippen MR) is 69.9 cm³/mol. The number of aryl methyl sites for hydroxylation is 1. The van der Waals surface area contributed by atoms with Crippen LogP contribution in [0.1, 0.15) is 16.1 Å². The van der Waals surface area contributed by atoms with Gasteiger partial charge in [0.2, 0.25) is 0 Å². The van der Waals surface area contributed by atoms with E-state index in [1.807, 2.05) is 0 Å². The molecule has 2 rings (SSSR count). The highest BCUT2D eigenvalue weighted by atomic mass is 16.3. The van der Waals surface area contributed by atoms with Crippen LogP contribution in [0.2, 0.25) is 0 Å². The summed E-state index contributed by atoms with van der Waals surface area (Å²) in [6.07, 6.45) is 1.54. The number of benzene rings is 1. The van der Waals surface area contributed by atoms with Crippen molar-refractivity contribution in [1.29, 1.82) is 0 Å². The van der Waals surface area contributed by atoms with Gasteiger partial charge in [-0.1, -0.05) is 5.21 Å². The van der Waals surface area contributed by atoms with Gasteiger partial charge in [0.25, 0.3) is 5.91 Å². The average molecular weight is 261 g/mol. The molecule has 7 nitrogen and oxygen atoms in total. The van der Waals surface area contributed by atoms with Gasteiger partial charge >= 0.3 is 0 Å². The number of nitrogens with one attached hydrogen (secondary N) is 1. The van der Waals surface area contributed by atoms with E-state index in [1.54, 1.807) is 19.1 Å². The molecule has 0 spiro atoms. The van der Waals surface area contributed by atoms with Gasteiger partial charge in [0.05, 0.1) is 12.7 Å². The molecule has 7 heteroatoms. The molecule has 2 aromatic rings. The number of nitrogens with two attached hydrogens (primary N) is 1. The normalized spacial score (nSPS) is 10.4. The van der Waals surface area contributed by atoms with E-state index in [4.69, 9.17) is 5.73 Å². The molecule has 0 aliphatic carbocycles. The number of phenolic OH excluding ortho intramolecular Hbond substituents is 1. The number of nitrogens with zero attached hydrogens (tertiary/aromatic N) is 3. The number of carbonyl (C=O) groups is 1. The molecular weight excluding hydrogens is 246 g/mol. The second-order valence-corrected chi connectivity index (χ2v) is 4.11. The Kier molecular flexibility index (Phi) is 3.76. The summed E-state index contributed by atoms with van der Waals surface area (Å²) in [4.78, 5) is 11.9. The summed E-state index contributed by atoms with van der Waals surface area (Å²) in [5, 5.41) is 19.6. The predicted octanol–water partition coefficient (Wildman–Crippen LogP) is 0.503. The zero-order chi connectivity index (χ0) is 13.8. The molecule has 1 aromatic carbocycles. The van der Waals surface area contributed by atoms with Crippen LogP contribution in [0.25, 0.3) is 0 Å². The van der Waals surface area contributed by atoms with E-state index in [0.717, 1.165) is 5.56 Å². The quantitative estimate of drug-likeness (QED) is 0.695. The van der Waals surface area contributed by atoms with Crippen LogP contribution in [0.3, 0.4) is 0 Å². The summed E-state index contributed by atoms with van der Waals surface area (Å²) in [5.41, 5.74) is 7.00. The summed E-state index contributed by atoms with van der Waals surface area (Å²) in [6, 6.07) is 4.71. The molecule has 0 fully saturated rings. The number of aromatic hydroxyl groups is 1. The molecule has 0 unspecified atom stereocenters. The van der Waals surface area contributed by atoms with Crippen molar-refractivity contribution in [2.75, 3.05) is 11.9 Å². The van der Waals surface area contributed by atoms with Crippen LogP contribution in [0.4, 0.5) is 5.69 Å². The van der Waals surface area contributed by atoms with Gasteiger partial charge in [0, 0.05) is 12.2 Å². The summed E-state index contributed by atoms with van der Waals surface area (Å²) < 4.78 is 1.51. The van der Waals surface area contributed by atoms with Gasteiger partial charge in [-0.05, 0) is 30.7 Å². The van der Waals surface area contributed by atoms with Crippen molar-refractivity contribution in [1.82, 2.24) is 15.0 Å². The van der Waals surface area contributed by atoms with E-state index in [0.29, 0.717) is 18.8 Å². The van der Waals surface area contributed by atoms with Gasteiger partial charge in [-0.3, -0.25) is 9.48 Å². The molecule has 0 radical (unpaired) electrons. The first-order valence-corrected chi connectivity index (χ1v) is 5.81. The Hall–Kier alpha value is -2.41. The lowest BCUT2D eigenvalue weighted by Gasteiger charge is -2.06. The molecule has 1 amide bonds. The zero-order valence-corrected chi connectivity index (χ0v) is 10.5. The number of aromatic nitrogens is 3. The molecule has 1 heterocycles. The molecular formula is C12H15N5O2. The fourth-order valence-corrected chi connectivity index (χ4v) is 1.62. The molecule has 19 heavy (non-hydrogen) atoms. The summed E-state index contributed by atoms with van der Waals surface area (Å²) in [5.74, 6) is -0.193. The monoisotopic (exact) mass is 261 g/mol. The van der Waals surface area contributed by atoms with Gasteiger partial charge in [-0.15, -0.1) is 5.10 Å². The van der Waals surface area contributed by atoms with Crippen LogP contribution in [-0.2, 0) is 6.54 Å². The highest BCUT2D eigenvalue weighted by Crippen LogP contribution is 2.20. The number of hydrogen-bond acceptors (Lipinski definition) is 5. The number of amides is 1. The molecule has 0 saturated carbocycles. The fourth-order valence-electron chi connectivity index (χ4n) is 1.62. The van der Waals surface area contributed by atoms with Crippen molar-refractivity contribution in [3.8, 4) is 5.75 Å². The molecule has 0 saturated heterocycles. The fraction of sp³-hybridized carbons (Fsp3) is 0.250. The van der Waals surface area contributed by atoms with Crippen molar-refractivity contribution < 1.29 is 9.90 Å². The minimum absolute atomic E-state index is 0.157. The van der Waals surface area contributed by atoms with Crippen molar-refractivity contribution in [2.24, 2.45) is 5.73 Å². The van der Waals surface area contributed by atoms with E-state index < -0.39 is 0 Å². The van der Waals surface area contributed by atoms with E-state index >= 15 is 0 Å². The van der Waals surface area contributed by atoms with E-state index in [-0.39, 0.29) is 17.4 Å². The molecule has 0 atom stereocenters. The van der Waals surface area contributed by atoms with E-state index in [1.165, 1.54) is 16.9 Å². The topological polar surface area (TPSA) is 106 Å². The van der Waals surface area contributed by atoms with Crippen molar-refractivity contribution in [2.45, 2.75) is 13.5 Å². The molecule has 0 bridgehead atoms. The third-order valence-electron chi connectivity index (χ3n) is 2.59. The standard InChI is InChI=1S/C12H15N5O2/c1-8-6-9(18)2-3-10(8)14-12(19)11-7-17(5-4-13)16-15-11/h2-3,6-7,18H,4-5,13H2,1H3,(H,14,19). The number of carbonyl (C=O) groups excluding carboxylic acids is 1. The van der Waals surface area contributed by atoms with Crippen LogP contribution in [0.15, 0.2) is 24.4 Å². The third kappa shape index (κ3) is 3.08. The first-order chi connectivity index (χ1) is 9.10. The first-order valence-electron chi connectivity index (χ1n) is 5.81. The Morgan fingerprint density at radius 1 is 1.53 bits per heavy atom. The third-order valence-corrected chi connectivity index (χ3v) is 2.59. The maximum atomic E-state index is 11.9. The van der Waals surface area contributed by atoms with Gasteiger partial charge in [0.15, 0.2) is 5.69 Å². The Bertz CT molecular complexity index is 594. The number of hydrogen-bond donors (Lipinski definition) is 3. The van der Waals surface area contributed by atoms with Crippen LogP contribution in [-0.4, -0.2) is 32.6 Å². The highest BCUT2D eigenvalue weighted by molar-refractivity contribution is 6.03. The smallest absolute Gasteiger partial charge is 0.277 e. The van der Waals surface area contributed by atoms with E-state index in [2.05, 4.69) is 15.6 Å².